The molecule has 2 aromatic rings. The van der Waals surface area contributed by atoms with Crippen molar-refractivity contribution < 1.29 is 4.52 Å². The van der Waals surface area contributed by atoms with Crippen LogP contribution in [-0.4, -0.2) is 16.7 Å². The maximum Gasteiger partial charge on any atom is 0.240 e. The summed E-state index contributed by atoms with van der Waals surface area (Å²) >= 11 is 0. The van der Waals surface area contributed by atoms with Gasteiger partial charge in [0, 0.05) is 6.42 Å². The normalized spacial score (nSPS) is 10.8. The summed E-state index contributed by atoms with van der Waals surface area (Å²) in [6.45, 7) is 5.83. The van der Waals surface area contributed by atoms with E-state index in [1.165, 1.54) is 11.1 Å². The lowest BCUT2D eigenvalue weighted by Crippen LogP contribution is -2.13. The second-order valence-corrected chi connectivity index (χ2v) is 4.45. The molecule has 0 radical (unpaired) electrons. The number of nitrogens with zero attached hydrogens (tertiary/aromatic N) is 2. The maximum atomic E-state index is 5.19. The van der Waals surface area contributed by atoms with Crippen LogP contribution in [0, 0.1) is 6.92 Å². The summed E-state index contributed by atoms with van der Waals surface area (Å²) in [5.41, 5.74) is 2.46. The molecule has 96 valence electrons. The molecule has 2 rings (SSSR count). The molecule has 0 saturated heterocycles. The Morgan fingerprint density at radius 2 is 2.22 bits per heavy atom. The van der Waals surface area contributed by atoms with Crippen LogP contribution in [-0.2, 0) is 13.0 Å². The largest absolute Gasteiger partial charge is 0.338 e. The molecule has 0 aliphatic rings. The van der Waals surface area contributed by atoms with Crippen LogP contribution in [0.2, 0.25) is 0 Å². The van der Waals surface area contributed by atoms with Gasteiger partial charge in [-0.3, -0.25) is 0 Å². The fraction of sp³-hybridized carbons (Fsp3) is 0.429. The van der Waals surface area contributed by atoms with Crippen LogP contribution >= 0.6 is 0 Å². The first-order chi connectivity index (χ1) is 8.78. The van der Waals surface area contributed by atoms with Crippen molar-refractivity contribution in [2.75, 3.05) is 6.54 Å². The van der Waals surface area contributed by atoms with E-state index in [4.69, 9.17) is 4.52 Å². The standard InChI is InChI=1S/C14H19N3O/c1-3-7-15-10-14-16-13(17-18-14)9-12-6-4-5-11(2)8-12/h4-6,8,15H,3,7,9-10H2,1-2H3. The predicted molar refractivity (Wildman–Crippen MR) is 70.3 cm³/mol. The topological polar surface area (TPSA) is 51.0 Å². The maximum absolute atomic E-state index is 5.19. The van der Waals surface area contributed by atoms with Crippen LogP contribution in [0.25, 0.3) is 0 Å². The number of hydrogen-bond acceptors (Lipinski definition) is 4. The summed E-state index contributed by atoms with van der Waals surface area (Å²) in [6.07, 6.45) is 1.82. The van der Waals surface area contributed by atoms with Crippen molar-refractivity contribution in [2.24, 2.45) is 0 Å². The third-order valence-corrected chi connectivity index (χ3v) is 2.66. The first kappa shape index (κ1) is 12.8. The van der Waals surface area contributed by atoms with E-state index in [-0.39, 0.29) is 0 Å². The van der Waals surface area contributed by atoms with Gasteiger partial charge < -0.3 is 9.84 Å². The Kier molecular flexibility index (Phi) is 4.47. The molecule has 4 nitrogen and oxygen atoms in total. The Bertz CT molecular complexity index is 493. The molecule has 0 fully saturated rings. The van der Waals surface area contributed by atoms with E-state index in [0.717, 1.165) is 25.2 Å². The monoisotopic (exact) mass is 245 g/mol. The Morgan fingerprint density at radius 3 is 3.00 bits per heavy atom. The molecule has 0 unspecified atom stereocenters. The van der Waals surface area contributed by atoms with Gasteiger partial charge in [0.25, 0.3) is 0 Å². The van der Waals surface area contributed by atoms with Gasteiger partial charge in [0.1, 0.15) is 0 Å². The second-order valence-electron chi connectivity index (χ2n) is 4.45. The SMILES string of the molecule is CCCNCc1nc(Cc2cccc(C)c2)no1. The number of rotatable bonds is 6. The zero-order valence-corrected chi connectivity index (χ0v) is 10.9. The summed E-state index contributed by atoms with van der Waals surface area (Å²) < 4.78 is 5.19. The first-order valence-corrected chi connectivity index (χ1v) is 6.35. The molecule has 1 aromatic carbocycles. The molecule has 1 heterocycles. The van der Waals surface area contributed by atoms with Crippen LogP contribution in [0.1, 0.15) is 36.2 Å². The average Bonchev–Trinajstić information content (AvgIpc) is 2.77. The minimum atomic E-state index is 0.647. The molecular formula is C14H19N3O. The zero-order valence-electron chi connectivity index (χ0n) is 10.9. The van der Waals surface area contributed by atoms with E-state index in [1.54, 1.807) is 0 Å². The van der Waals surface area contributed by atoms with E-state index < -0.39 is 0 Å². The molecular weight excluding hydrogens is 226 g/mol. The van der Waals surface area contributed by atoms with Gasteiger partial charge in [-0.1, -0.05) is 41.9 Å². The van der Waals surface area contributed by atoms with Gasteiger partial charge in [0.15, 0.2) is 5.82 Å². The van der Waals surface area contributed by atoms with Crippen LogP contribution in [0.5, 0.6) is 0 Å². The van der Waals surface area contributed by atoms with E-state index in [2.05, 4.69) is 53.6 Å². The third-order valence-electron chi connectivity index (χ3n) is 2.66. The highest BCUT2D eigenvalue weighted by Crippen LogP contribution is 2.09. The number of aryl methyl sites for hydroxylation is 1. The molecule has 1 aromatic heterocycles. The predicted octanol–water partition coefficient (Wildman–Crippen LogP) is 2.47. The van der Waals surface area contributed by atoms with E-state index in [0.29, 0.717) is 12.4 Å². The number of nitrogens with one attached hydrogen (secondary N) is 1. The van der Waals surface area contributed by atoms with E-state index in [9.17, 15) is 0 Å². The van der Waals surface area contributed by atoms with Crippen molar-refractivity contribution in [2.45, 2.75) is 33.2 Å². The van der Waals surface area contributed by atoms with Gasteiger partial charge >= 0.3 is 0 Å². The third kappa shape index (κ3) is 3.67. The number of aromatic nitrogens is 2. The molecule has 0 aliphatic carbocycles. The quantitative estimate of drug-likeness (QED) is 0.794. The van der Waals surface area contributed by atoms with E-state index in [1.807, 2.05) is 0 Å². The minimum absolute atomic E-state index is 0.647. The summed E-state index contributed by atoms with van der Waals surface area (Å²) in [4.78, 5) is 4.37. The van der Waals surface area contributed by atoms with Crippen LogP contribution < -0.4 is 5.32 Å². The van der Waals surface area contributed by atoms with Crippen LogP contribution in [0.15, 0.2) is 28.8 Å². The average molecular weight is 245 g/mol. The Morgan fingerprint density at radius 1 is 1.33 bits per heavy atom. The zero-order chi connectivity index (χ0) is 12.8. The Balaban J connectivity index is 1.94. The van der Waals surface area contributed by atoms with Crippen LogP contribution in [0.4, 0.5) is 0 Å². The van der Waals surface area contributed by atoms with Crippen molar-refractivity contribution in [3.05, 3.63) is 47.1 Å². The molecule has 4 heteroatoms. The van der Waals surface area contributed by atoms with Gasteiger partial charge in [-0.15, -0.1) is 0 Å². The molecule has 0 amide bonds. The lowest BCUT2D eigenvalue weighted by molar-refractivity contribution is 0.363. The van der Waals surface area contributed by atoms with Gasteiger partial charge in [0.05, 0.1) is 6.54 Å². The summed E-state index contributed by atoms with van der Waals surface area (Å²) in [5, 5.41) is 7.24. The minimum Gasteiger partial charge on any atom is -0.338 e. The molecule has 0 aliphatic heterocycles. The summed E-state index contributed by atoms with van der Waals surface area (Å²) in [7, 11) is 0. The second kappa shape index (κ2) is 6.31. The molecule has 18 heavy (non-hydrogen) atoms. The Labute approximate surface area is 107 Å². The van der Waals surface area contributed by atoms with Gasteiger partial charge in [-0.05, 0) is 25.5 Å². The highest BCUT2D eigenvalue weighted by atomic mass is 16.5. The molecule has 0 spiro atoms. The van der Waals surface area contributed by atoms with Crippen molar-refractivity contribution in [3.8, 4) is 0 Å². The lowest BCUT2D eigenvalue weighted by Gasteiger charge is -1.98. The van der Waals surface area contributed by atoms with Crippen molar-refractivity contribution >= 4 is 0 Å². The fourth-order valence-corrected chi connectivity index (χ4v) is 1.81. The Hall–Kier alpha value is -1.68. The number of hydrogen-bond donors (Lipinski definition) is 1. The highest BCUT2D eigenvalue weighted by Gasteiger charge is 2.06. The smallest absolute Gasteiger partial charge is 0.240 e. The molecule has 0 atom stereocenters. The molecule has 0 saturated carbocycles. The van der Waals surface area contributed by atoms with Crippen molar-refractivity contribution in [1.82, 2.24) is 15.5 Å². The lowest BCUT2D eigenvalue weighted by atomic mass is 10.1. The first-order valence-electron chi connectivity index (χ1n) is 6.35. The van der Waals surface area contributed by atoms with Gasteiger partial charge in [-0.2, -0.15) is 4.98 Å². The number of benzene rings is 1. The van der Waals surface area contributed by atoms with Gasteiger partial charge in [-0.25, -0.2) is 0 Å². The summed E-state index contributed by atoms with van der Waals surface area (Å²) in [6, 6.07) is 8.36. The molecule has 0 bridgehead atoms. The summed E-state index contributed by atoms with van der Waals surface area (Å²) in [5.74, 6) is 1.40. The van der Waals surface area contributed by atoms with Gasteiger partial charge in [0.2, 0.25) is 5.89 Å². The molecule has 1 N–H and O–H groups in total. The highest BCUT2D eigenvalue weighted by molar-refractivity contribution is 5.24. The fourth-order valence-electron chi connectivity index (χ4n) is 1.81. The van der Waals surface area contributed by atoms with E-state index >= 15 is 0 Å². The van der Waals surface area contributed by atoms with Crippen molar-refractivity contribution in [1.29, 1.82) is 0 Å². The van der Waals surface area contributed by atoms with Crippen LogP contribution in [0.3, 0.4) is 0 Å². The van der Waals surface area contributed by atoms with Crippen molar-refractivity contribution in [3.63, 3.8) is 0 Å².